The van der Waals surface area contributed by atoms with Crippen LogP contribution >= 0.6 is 11.3 Å². The molecule has 0 spiro atoms. The van der Waals surface area contributed by atoms with Crippen molar-refractivity contribution in [3.05, 3.63) is 65.0 Å². The van der Waals surface area contributed by atoms with Gasteiger partial charge in [-0.05, 0) is 31.4 Å². The van der Waals surface area contributed by atoms with Crippen LogP contribution in [-0.2, 0) is 4.79 Å². The Labute approximate surface area is 168 Å². The van der Waals surface area contributed by atoms with E-state index in [0.717, 1.165) is 45.6 Å². The summed E-state index contributed by atoms with van der Waals surface area (Å²) in [5.41, 5.74) is 4.58. The lowest BCUT2D eigenvalue weighted by atomic mass is 10.0. The smallest absolute Gasteiger partial charge is 0.256 e. The first-order valence-corrected chi connectivity index (χ1v) is 10.5. The number of hydrogen-bond acceptors (Lipinski definition) is 4. The molecule has 4 nitrogen and oxygen atoms in total. The van der Waals surface area contributed by atoms with E-state index in [0.29, 0.717) is 5.57 Å². The molecule has 1 aromatic heterocycles. The summed E-state index contributed by atoms with van der Waals surface area (Å²) in [5.74, 6) is -0.0480. The minimum atomic E-state index is -0.0480. The minimum Gasteiger partial charge on any atom is -0.348 e. The van der Waals surface area contributed by atoms with Crippen LogP contribution in [0.25, 0.3) is 22.9 Å². The highest BCUT2D eigenvalue weighted by Gasteiger charge is 2.25. The lowest BCUT2D eigenvalue weighted by molar-refractivity contribution is -0.110. The molecule has 2 aliphatic rings. The number of amides is 1. The van der Waals surface area contributed by atoms with Crippen LogP contribution in [-0.4, -0.2) is 24.0 Å². The topological polar surface area (TPSA) is 45.2 Å². The standard InChI is InChI=1S/C23H21N3OS/c27-22-18(17-11-5-6-12-19(17)24-22)15-20-21(16-9-3-1-4-10-16)25-23(28-20)26-13-7-2-8-14-26/h1,3-6,9-12,15H,2,7-8,13-14H2,(H,24,27). The second-order valence-electron chi connectivity index (χ2n) is 7.18. The van der Waals surface area contributed by atoms with Crippen LogP contribution in [0.3, 0.4) is 0 Å². The van der Waals surface area contributed by atoms with Crippen molar-refractivity contribution in [2.45, 2.75) is 19.3 Å². The minimum absolute atomic E-state index is 0.0480. The molecule has 0 unspecified atom stereocenters. The van der Waals surface area contributed by atoms with Crippen molar-refractivity contribution >= 4 is 39.7 Å². The molecule has 140 valence electrons. The van der Waals surface area contributed by atoms with E-state index in [-0.39, 0.29) is 5.91 Å². The molecule has 3 heterocycles. The van der Waals surface area contributed by atoms with Crippen LogP contribution in [0.2, 0.25) is 0 Å². The van der Waals surface area contributed by atoms with Gasteiger partial charge in [-0.3, -0.25) is 4.79 Å². The number of fused-ring (bicyclic) bond motifs is 1. The molecule has 0 saturated carbocycles. The van der Waals surface area contributed by atoms with Gasteiger partial charge in [-0.25, -0.2) is 4.98 Å². The Morgan fingerprint density at radius 1 is 0.964 bits per heavy atom. The fraction of sp³-hybridized carbons (Fsp3) is 0.217. The maximum absolute atomic E-state index is 12.6. The van der Waals surface area contributed by atoms with E-state index in [1.165, 1.54) is 19.3 Å². The van der Waals surface area contributed by atoms with E-state index in [1.807, 2.05) is 48.5 Å². The molecule has 5 heteroatoms. The average molecular weight is 388 g/mol. The van der Waals surface area contributed by atoms with E-state index in [2.05, 4.69) is 22.3 Å². The molecule has 2 aromatic carbocycles. The quantitative estimate of drug-likeness (QED) is 0.621. The summed E-state index contributed by atoms with van der Waals surface area (Å²) in [5, 5.41) is 4.02. The number of carbonyl (C=O) groups excluding carboxylic acids is 1. The van der Waals surface area contributed by atoms with Gasteiger partial charge in [0.05, 0.1) is 16.1 Å². The SMILES string of the molecule is O=C1Nc2ccccc2C1=Cc1sc(N2CCCCC2)nc1-c1ccccc1. The summed E-state index contributed by atoms with van der Waals surface area (Å²) < 4.78 is 0. The fourth-order valence-electron chi connectivity index (χ4n) is 3.85. The number of thiazole rings is 1. The van der Waals surface area contributed by atoms with Crippen molar-refractivity contribution in [1.29, 1.82) is 0 Å². The van der Waals surface area contributed by atoms with Gasteiger partial charge in [0.2, 0.25) is 0 Å². The third-order valence-electron chi connectivity index (χ3n) is 5.30. The number of hydrogen-bond donors (Lipinski definition) is 1. The number of nitrogens with one attached hydrogen (secondary N) is 1. The van der Waals surface area contributed by atoms with Crippen LogP contribution in [0.1, 0.15) is 29.7 Å². The van der Waals surface area contributed by atoms with Gasteiger partial charge in [-0.1, -0.05) is 59.9 Å². The first-order valence-electron chi connectivity index (χ1n) is 9.73. The Bertz CT molecular complexity index is 1050. The molecule has 1 fully saturated rings. The van der Waals surface area contributed by atoms with Gasteiger partial charge in [0, 0.05) is 29.9 Å². The first-order chi connectivity index (χ1) is 13.8. The Hall–Kier alpha value is -2.92. The highest BCUT2D eigenvalue weighted by atomic mass is 32.1. The number of rotatable bonds is 3. The van der Waals surface area contributed by atoms with E-state index >= 15 is 0 Å². The van der Waals surface area contributed by atoms with Crippen molar-refractivity contribution < 1.29 is 4.79 Å². The normalized spacial score (nSPS) is 17.6. The molecule has 5 rings (SSSR count). The zero-order chi connectivity index (χ0) is 18.9. The van der Waals surface area contributed by atoms with Gasteiger partial charge in [-0.2, -0.15) is 0 Å². The van der Waals surface area contributed by atoms with E-state index in [4.69, 9.17) is 4.98 Å². The van der Waals surface area contributed by atoms with Gasteiger partial charge in [-0.15, -0.1) is 0 Å². The van der Waals surface area contributed by atoms with Gasteiger partial charge >= 0.3 is 0 Å². The Morgan fingerprint density at radius 3 is 2.54 bits per heavy atom. The molecule has 1 amide bonds. The zero-order valence-electron chi connectivity index (χ0n) is 15.5. The highest BCUT2D eigenvalue weighted by Crippen LogP contribution is 2.39. The molecule has 0 atom stereocenters. The van der Waals surface area contributed by atoms with E-state index < -0.39 is 0 Å². The summed E-state index contributed by atoms with van der Waals surface area (Å²) in [4.78, 5) is 21.0. The number of nitrogens with zero attached hydrogens (tertiary/aromatic N) is 2. The van der Waals surface area contributed by atoms with Gasteiger partial charge in [0.15, 0.2) is 5.13 Å². The number of piperidine rings is 1. The fourth-order valence-corrected chi connectivity index (χ4v) is 4.94. The molecule has 1 saturated heterocycles. The molecule has 0 bridgehead atoms. The summed E-state index contributed by atoms with van der Waals surface area (Å²) >= 11 is 1.68. The first kappa shape index (κ1) is 17.2. The number of aromatic nitrogens is 1. The number of para-hydroxylation sites is 1. The highest BCUT2D eigenvalue weighted by molar-refractivity contribution is 7.17. The molecular formula is C23H21N3OS. The molecule has 1 N–H and O–H groups in total. The maximum Gasteiger partial charge on any atom is 0.256 e. The Kier molecular flexibility index (Phi) is 4.45. The van der Waals surface area contributed by atoms with Crippen molar-refractivity contribution in [3.63, 3.8) is 0 Å². The van der Waals surface area contributed by atoms with Crippen LogP contribution in [0.5, 0.6) is 0 Å². The summed E-state index contributed by atoms with van der Waals surface area (Å²) in [6.45, 7) is 2.11. The molecule has 0 radical (unpaired) electrons. The summed E-state index contributed by atoms with van der Waals surface area (Å²) in [6, 6.07) is 18.1. The van der Waals surface area contributed by atoms with Crippen molar-refractivity contribution in [2.75, 3.05) is 23.3 Å². The summed E-state index contributed by atoms with van der Waals surface area (Å²) in [6.07, 6.45) is 5.73. The van der Waals surface area contributed by atoms with Gasteiger partial charge in [0.1, 0.15) is 0 Å². The molecule has 2 aliphatic heterocycles. The van der Waals surface area contributed by atoms with Crippen molar-refractivity contribution in [1.82, 2.24) is 4.98 Å². The van der Waals surface area contributed by atoms with Gasteiger partial charge in [0.25, 0.3) is 5.91 Å². The third-order valence-corrected chi connectivity index (χ3v) is 6.36. The largest absolute Gasteiger partial charge is 0.348 e. The molecule has 0 aliphatic carbocycles. The number of anilines is 2. The number of benzene rings is 2. The molecular weight excluding hydrogens is 366 g/mol. The second-order valence-corrected chi connectivity index (χ2v) is 8.19. The predicted molar refractivity (Wildman–Crippen MR) is 117 cm³/mol. The van der Waals surface area contributed by atoms with Crippen LogP contribution in [0, 0.1) is 0 Å². The molecule has 3 aromatic rings. The second kappa shape index (κ2) is 7.24. The molecule has 28 heavy (non-hydrogen) atoms. The van der Waals surface area contributed by atoms with Crippen molar-refractivity contribution in [2.24, 2.45) is 0 Å². The maximum atomic E-state index is 12.6. The van der Waals surface area contributed by atoms with Crippen LogP contribution < -0.4 is 10.2 Å². The zero-order valence-corrected chi connectivity index (χ0v) is 16.3. The van der Waals surface area contributed by atoms with Gasteiger partial charge < -0.3 is 10.2 Å². The average Bonchev–Trinajstić information content (AvgIpc) is 3.31. The lowest BCUT2D eigenvalue weighted by Gasteiger charge is -2.25. The lowest BCUT2D eigenvalue weighted by Crippen LogP contribution is -2.29. The van der Waals surface area contributed by atoms with E-state index in [1.54, 1.807) is 11.3 Å². The van der Waals surface area contributed by atoms with E-state index in [9.17, 15) is 4.79 Å². The Balaban J connectivity index is 1.62. The Morgan fingerprint density at radius 2 is 1.71 bits per heavy atom. The number of carbonyl (C=O) groups is 1. The third kappa shape index (κ3) is 3.12. The monoisotopic (exact) mass is 387 g/mol. The van der Waals surface area contributed by atoms with Crippen LogP contribution in [0.15, 0.2) is 54.6 Å². The predicted octanol–water partition coefficient (Wildman–Crippen LogP) is 5.29. The van der Waals surface area contributed by atoms with Crippen molar-refractivity contribution in [3.8, 4) is 11.3 Å². The summed E-state index contributed by atoms with van der Waals surface area (Å²) in [7, 11) is 0. The van der Waals surface area contributed by atoms with Crippen LogP contribution in [0.4, 0.5) is 10.8 Å².